The molecule has 0 bridgehead atoms. The zero-order valence-corrected chi connectivity index (χ0v) is 10.6. The zero-order valence-electron chi connectivity index (χ0n) is 9.01. The first-order valence-electron chi connectivity index (χ1n) is 5.12. The number of hydrogen-bond acceptors (Lipinski definition) is 3. The largest absolute Gasteiger partial charge is 0.326 e. The first kappa shape index (κ1) is 11.8. The van der Waals surface area contributed by atoms with Crippen LogP contribution in [0.25, 0.3) is 0 Å². The van der Waals surface area contributed by atoms with Gasteiger partial charge in [0.05, 0.1) is 10.7 Å². The van der Waals surface area contributed by atoms with Gasteiger partial charge in [-0.1, -0.05) is 0 Å². The highest BCUT2D eigenvalue weighted by Gasteiger charge is 2.03. The van der Waals surface area contributed by atoms with Crippen LogP contribution in [0.4, 0.5) is 5.69 Å². The fourth-order valence-electron chi connectivity index (χ4n) is 1.34. The van der Waals surface area contributed by atoms with Crippen LogP contribution >= 0.6 is 15.9 Å². The number of amides is 1. The molecule has 17 heavy (non-hydrogen) atoms. The van der Waals surface area contributed by atoms with Crippen LogP contribution in [0.5, 0.6) is 0 Å². The van der Waals surface area contributed by atoms with Crippen LogP contribution in [0.15, 0.2) is 41.4 Å². The van der Waals surface area contributed by atoms with E-state index in [1.165, 1.54) is 0 Å². The van der Waals surface area contributed by atoms with Gasteiger partial charge in [-0.05, 0) is 28.1 Å². The molecule has 6 heteroatoms. The third kappa shape index (κ3) is 3.67. The molecule has 0 aliphatic carbocycles. The lowest BCUT2D eigenvalue weighted by Crippen LogP contribution is -2.14. The van der Waals surface area contributed by atoms with Gasteiger partial charge in [0.15, 0.2) is 0 Å². The van der Waals surface area contributed by atoms with E-state index in [4.69, 9.17) is 0 Å². The molecule has 1 N–H and O–H groups in total. The molecule has 0 aliphatic heterocycles. The molecule has 0 saturated carbocycles. The van der Waals surface area contributed by atoms with Crippen LogP contribution in [0.1, 0.15) is 6.42 Å². The Bertz CT molecular complexity index is 497. The predicted octanol–water partition coefficient (Wildman–Crippen LogP) is 2.07. The third-order valence-electron chi connectivity index (χ3n) is 2.13. The second kappa shape index (κ2) is 5.58. The summed E-state index contributed by atoms with van der Waals surface area (Å²) in [5.41, 5.74) is 0.756. The molecule has 2 rings (SSSR count). The van der Waals surface area contributed by atoms with E-state index in [0.717, 1.165) is 10.2 Å². The summed E-state index contributed by atoms with van der Waals surface area (Å²) in [5, 5.41) is 6.86. The summed E-state index contributed by atoms with van der Waals surface area (Å²) in [7, 11) is 0. The molecule has 0 spiro atoms. The van der Waals surface area contributed by atoms with Crippen LogP contribution < -0.4 is 5.32 Å². The van der Waals surface area contributed by atoms with E-state index in [-0.39, 0.29) is 5.91 Å². The van der Waals surface area contributed by atoms with E-state index >= 15 is 0 Å². The second-order valence-corrected chi connectivity index (χ2v) is 4.37. The highest BCUT2D eigenvalue weighted by molar-refractivity contribution is 9.10. The number of carbonyl (C=O) groups excluding carboxylic acids is 1. The summed E-state index contributed by atoms with van der Waals surface area (Å²) in [5.74, 6) is -0.0391. The fourth-order valence-corrected chi connectivity index (χ4v) is 1.66. The van der Waals surface area contributed by atoms with Gasteiger partial charge in [0, 0.05) is 37.2 Å². The molecule has 0 fully saturated rings. The molecule has 2 aromatic heterocycles. The third-order valence-corrected chi connectivity index (χ3v) is 2.54. The van der Waals surface area contributed by atoms with E-state index in [2.05, 4.69) is 31.3 Å². The first-order chi connectivity index (χ1) is 8.24. The van der Waals surface area contributed by atoms with Crippen molar-refractivity contribution in [3.63, 3.8) is 0 Å². The zero-order chi connectivity index (χ0) is 12.1. The Morgan fingerprint density at radius 3 is 2.82 bits per heavy atom. The second-order valence-electron chi connectivity index (χ2n) is 3.46. The molecule has 0 aliphatic rings. The van der Waals surface area contributed by atoms with Gasteiger partial charge in [-0.25, -0.2) is 0 Å². The molecular formula is C11H11BrN4O. The maximum atomic E-state index is 11.6. The standard InChI is InChI=1S/C11H11BrN4O/c12-9-7-14-16(8-9)6-3-11(17)15-10-1-4-13-5-2-10/h1-2,4-5,7-8H,3,6H2,(H,13,15,17). The molecule has 1 amide bonds. The molecular weight excluding hydrogens is 284 g/mol. The Hall–Kier alpha value is -1.69. The summed E-state index contributed by atoms with van der Waals surface area (Å²) in [6.45, 7) is 0.558. The van der Waals surface area contributed by atoms with Gasteiger partial charge in [0.25, 0.3) is 0 Å². The average Bonchev–Trinajstić information content (AvgIpc) is 2.74. The number of halogens is 1. The Kier molecular flexibility index (Phi) is 3.87. The first-order valence-corrected chi connectivity index (χ1v) is 5.91. The molecule has 0 radical (unpaired) electrons. The molecule has 5 nitrogen and oxygen atoms in total. The number of aryl methyl sites for hydroxylation is 1. The van der Waals surface area contributed by atoms with Crippen molar-refractivity contribution in [2.24, 2.45) is 0 Å². The SMILES string of the molecule is O=C(CCn1cc(Br)cn1)Nc1ccncc1. The minimum Gasteiger partial charge on any atom is -0.326 e. The van der Waals surface area contributed by atoms with E-state index in [9.17, 15) is 4.79 Å². The number of rotatable bonds is 4. The average molecular weight is 295 g/mol. The van der Waals surface area contributed by atoms with Gasteiger partial charge in [-0.2, -0.15) is 5.10 Å². The smallest absolute Gasteiger partial charge is 0.226 e. The molecule has 88 valence electrons. The van der Waals surface area contributed by atoms with E-state index in [0.29, 0.717) is 13.0 Å². The predicted molar refractivity (Wildman–Crippen MR) is 67.4 cm³/mol. The van der Waals surface area contributed by atoms with Crippen molar-refractivity contribution in [2.45, 2.75) is 13.0 Å². The van der Waals surface area contributed by atoms with Crippen LogP contribution in [0.2, 0.25) is 0 Å². The van der Waals surface area contributed by atoms with Crippen molar-refractivity contribution in [3.8, 4) is 0 Å². The van der Waals surface area contributed by atoms with Gasteiger partial charge >= 0.3 is 0 Å². The molecule has 0 atom stereocenters. The summed E-state index contributed by atoms with van der Waals surface area (Å²) in [4.78, 5) is 15.5. The van der Waals surface area contributed by atoms with Crippen molar-refractivity contribution in [1.29, 1.82) is 0 Å². The van der Waals surface area contributed by atoms with Gasteiger partial charge in [0.1, 0.15) is 0 Å². The van der Waals surface area contributed by atoms with E-state index < -0.39 is 0 Å². The monoisotopic (exact) mass is 294 g/mol. The number of anilines is 1. The van der Waals surface area contributed by atoms with Crippen LogP contribution in [-0.4, -0.2) is 20.7 Å². The summed E-state index contributed by atoms with van der Waals surface area (Å²) in [6.07, 6.45) is 7.19. The Labute approximate surface area is 107 Å². The topological polar surface area (TPSA) is 59.8 Å². The number of nitrogens with zero attached hydrogens (tertiary/aromatic N) is 3. The maximum Gasteiger partial charge on any atom is 0.226 e. The van der Waals surface area contributed by atoms with Crippen molar-refractivity contribution >= 4 is 27.5 Å². The van der Waals surface area contributed by atoms with E-state index in [1.807, 2.05) is 6.20 Å². The van der Waals surface area contributed by atoms with Gasteiger partial charge in [-0.3, -0.25) is 14.5 Å². The molecule has 2 aromatic rings. The molecule has 0 unspecified atom stereocenters. The van der Waals surface area contributed by atoms with Crippen LogP contribution in [0.3, 0.4) is 0 Å². The molecule has 0 saturated heterocycles. The Morgan fingerprint density at radius 1 is 1.41 bits per heavy atom. The number of hydrogen-bond donors (Lipinski definition) is 1. The number of carbonyl (C=O) groups is 1. The number of nitrogens with one attached hydrogen (secondary N) is 1. The highest BCUT2D eigenvalue weighted by Crippen LogP contribution is 2.07. The van der Waals surface area contributed by atoms with Crippen LogP contribution in [0, 0.1) is 0 Å². The lowest BCUT2D eigenvalue weighted by molar-refractivity contribution is -0.116. The van der Waals surface area contributed by atoms with Gasteiger partial charge < -0.3 is 5.32 Å². The van der Waals surface area contributed by atoms with E-state index in [1.54, 1.807) is 35.4 Å². The Morgan fingerprint density at radius 2 is 2.18 bits per heavy atom. The quantitative estimate of drug-likeness (QED) is 0.939. The summed E-state index contributed by atoms with van der Waals surface area (Å²) in [6, 6.07) is 3.50. The van der Waals surface area contributed by atoms with Gasteiger partial charge in [-0.15, -0.1) is 0 Å². The van der Waals surface area contributed by atoms with Crippen molar-refractivity contribution in [2.75, 3.05) is 5.32 Å². The minimum absolute atomic E-state index is 0.0391. The molecule has 2 heterocycles. The lowest BCUT2D eigenvalue weighted by atomic mass is 10.3. The maximum absolute atomic E-state index is 11.6. The fraction of sp³-hybridized carbons (Fsp3) is 0.182. The van der Waals surface area contributed by atoms with Crippen molar-refractivity contribution in [3.05, 3.63) is 41.4 Å². The van der Waals surface area contributed by atoms with Gasteiger partial charge in [0.2, 0.25) is 5.91 Å². The minimum atomic E-state index is -0.0391. The lowest BCUT2D eigenvalue weighted by Gasteiger charge is -2.04. The summed E-state index contributed by atoms with van der Waals surface area (Å²) >= 11 is 3.30. The number of pyridine rings is 1. The Balaban J connectivity index is 1.82. The molecule has 0 aromatic carbocycles. The highest BCUT2D eigenvalue weighted by atomic mass is 79.9. The number of aromatic nitrogens is 3. The summed E-state index contributed by atoms with van der Waals surface area (Å²) < 4.78 is 2.63. The van der Waals surface area contributed by atoms with Crippen molar-refractivity contribution < 1.29 is 4.79 Å². The van der Waals surface area contributed by atoms with Crippen LogP contribution in [-0.2, 0) is 11.3 Å². The normalized spacial score (nSPS) is 10.2. The van der Waals surface area contributed by atoms with Crippen molar-refractivity contribution in [1.82, 2.24) is 14.8 Å².